The Balaban J connectivity index is 1.40. The molecule has 0 N–H and O–H groups in total. The number of hydrogen-bond donors (Lipinski definition) is 0. The minimum Gasteiger partial charge on any atom is -0.768 e. The lowest BCUT2D eigenvalue weighted by molar-refractivity contribution is -0.131. The summed E-state index contributed by atoms with van der Waals surface area (Å²) < 4.78 is 27.5. The Labute approximate surface area is 182 Å². The monoisotopic (exact) mass is 455 g/mol. The second-order valence-electron chi connectivity index (χ2n) is 6.62. The van der Waals surface area contributed by atoms with E-state index in [-0.39, 0.29) is 10.8 Å². The molecule has 1 aliphatic rings. The van der Waals surface area contributed by atoms with Crippen molar-refractivity contribution in [1.82, 2.24) is 4.90 Å². The van der Waals surface area contributed by atoms with E-state index in [0.717, 1.165) is 5.69 Å². The Kier molecular flexibility index (Phi) is 7.77. The number of ether oxygens (including phenoxy) is 1. The van der Waals surface area contributed by atoms with Gasteiger partial charge in [0.05, 0.1) is 11.6 Å². The molecule has 1 fully saturated rings. The fourth-order valence-electron chi connectivity index (χ4n) is 3.14. The quantitative estimate of drug-likeness (QED) is 0.469. The van der Waals surface area contributed by atoms with Crippen molar-refractivity contribution in [3.05, 3.63) is 52.5 Å². The summed E-state index contributed by atoms with van der Waals surface area (Å²) in [5.74, 6) is 0.663. The van der Waals surface area contributed by atoms with Crippen LogP contribution in [0.3, 0.4) is 0 Å². The van der Waals surface area contributed by atoms with Gasteiger partial charge in [0, 0.05) is 48.2 Å². The maximum absolute atomic E-state index is 12.4. The van der Waals surface area contributed by atoms with Gasteiger partial charge in [0.2, 0.25) is 5.91 Å². The molecule has 1 unspecified atom stereocenters. The molecular formula is C20H21Cl2N2O4S-. The van der Waals surface area contributed by atoms with Crippen molar-refractivity contribution in [1.29, 1.82) is 0 Å². The molecule has 0 aromatic heterocycles. The maximum atomic E-state index is 12.4. The summed E-state index contributed by atoms with van der Waals surface area (Å²) >= 11 is 9.70. The summed E-state index contributed by atoms with van der Waals surface area (Å²) in [6.07, 6.45) is 1.01. The number of carbonyl (C=O) groups excluding carboxylic acids is 1. The minimum atomic E-state index is -2.22. The van der Waals surface area contributed by atoms with Gasteiger partial charge in [-0.2, -0.15) is 0 Å². The molecular weight excluding hydrogens is 435 g/mol. The number of rotatable bonds is 7. The predicted octanol–water partition coefficient (Wildman–Crippen LogP) is 3.74. The first-order valence-electron chi connectivity index (χ1n) is 9.24. The zero-order chi connectivity index (χ0) is 20.8. The van der Waals surface area contributed by atoms with Crippen molar-refractivity contribution < 1.29 is 18.3 Å². The van der Waals surface area contributed by atoms with Crippen LogP contribution in [0.1, 0.15) is 12.8 Å². The van der Waals surface area contributed by atoms with Crippen molar-refractivity contribution >= 4 is 45.9 Å². The Morgan fingerprint density at radius 2 is 1.76 bits per heavy atom. The first-order valence-corrected chi connectivity index (χ1v) is 11.1. The Hall–Kier alpha value is -1.80. The number of carbonyl (C=O) groups is 1. The lowest BCUT2D eigenvalue weighted by atomic mass is 10.2. The van der Waals surface area contributed by atoms with Crippen LogP contribution in [0.15, 0.2) is 47.4 Å². The summed E-state index contributed by atoms with van der Waals surface area (Å²) in [7, 11) is 0. The van der Waals surface area contributed by atoms with Gasteiger partial charge < -0.3 is 19.1 Å². The Bertz CT molecular complexity index is 871. The van der Waals surface area contributed by atoms with Gasteiger partial charge >= 0.3 is 0 Å². The lowest BCUT2D eigenvalue weighted by Crippen LogP contribution is -2.48. The third-order valence-corrected chi connectivity index (χ3v) is 5.90. The molecule has 0 saturated carbocycles. The van der Waals surface area contributed by atoms with E-state index in [2.05, 4.69) is 4.90 Å². The van der Waals surface area contributed by atoms with Crippen LogP contribution in [0, 0.1) is 0 Å². The molecule has 3 rings (SSSR count). The van der Waals surface area contributed by atoms with Crippen LogP contribution in [-0.4, -0.2) is 52.4 Å². The third-order valence-electron chi connectivity index (χ3n) is 4.71. The average molecular weight is 456 g/mol. The van der Waals surface area contributed by atoms with Gasteiger partial charge in [-0.1, -0.05) is 23.2 Å². The smallest absolute Gasteiger partial charge is 0.222 e. The van der Waals surface area contributed by atoms with Crippen molar-refractivity contribution in [2.75, 3.05) is 37.7 Å². The maximum Gasteiger partial charge on any atom is 0.222 e. The van der Waals surface area contributed by atoms with Crippen LogP contribution in [0.2, 0.25) is 10.0 Å². The van der Waals surface area contributed by atoms with Crippen molar-refractivity contribution in [3.63, 3.8) is 0 Å². The zero-order valence-corrected chi connectivity index (χ0v) is 18.0. The molecule has 1 saturated heterocycles. The van der Waals surface area contributed by atoms with Crippen LogP contribution >= 0.6 is 23.2 Å². The van der Waals surface area contributed by atoms with Crippen LogP contribution in [-0.2, 0) is 15.9 Å². The number of amides is 1. The molecule has 6 nitrogen and oxygen atoms in total. The largest absolute Gasteiger partial charge is 0.768 e. The number of hydrogen-bond acceptors (Lipinski definition) is 5. The minimum absolute atomic E-state index is 0.104. The van der Waals surface area contributed by atoms with E-state index in [1.807, 2.05) is 4.90 Å². The normalized spacial score (nSPS) is 15.3. The molecule has 0 radical (unpaired) electrons. The first-order chi connectivity index (χ1) is 13.9. The van der Waals surface area contributed by atoms with Crippen molar-refractivity contribution in [2.24, 2.45) is 0 Å². The molecule has 0 spiro atoms. The number of piperazine rings is 1. The number of nitrogens with zero attached hydrogens (tertiary/aromatic N) is 2. The lowest BCUT2D eigenvalue weighted by Gasteiger charge is -2.36. The molecule has 1 amide bonds. The van der Waals surface area contributed by atoms with Gasteiger partial charge in [0.25, 0.3) is 0 Å². The van der Waals surface area contributed by atoms with Gasteiger partial charge in [-0.15, -0.1) is 0 Å². The van der Waals surface area contributed by atoms with Gasteiger partial charge in [0.1, 0.15) is 5.75 Å². The van der Waals surface area contributed by atoms with Crippen LogP contribution in [0.25, 0.3) is 0 Å². The second kappa shape index (κ2) is 10.3. The highest BCUT2D eigenvalue weighted by molar-refractivity contribution is 7.79. The van der Waals surface area contributed by atoms with Gasteiger partial charge in [-0.3, -0.25) is 9.00 Å². The molecule has 156 valence electrons. The average Bonchev–Trinajstić information content (AvgIpc) is 2.72. The first kappa shape index (κ1) is 21.9. The predicted molar refractivity (Wildman–Crippen MR) is 114 cm³/mol. The summed E-state index contributed by atoms with van der Waals surface area (Å²) in [6, 6.07) is 11.8. The molecule has 2 aromatic rings. The molecule has 0 bridgehead atoms. The van der Waals surface area contributed by atoms with Gasteiger partial charge in [0.15, 0.2) is 0 Å². The van der Waals surface area contributed by atoms with Crippen LogP contribution in [0.5, 0.6) is 5.75 Å². The highest BCUT2D eigenvalue weighted by Crippen LogP contribution is 2.27. The van der Waals surface area contributed by atoms with E-state index >= 15 is 0 Å². The van der Waals surface area contributed by atoms with E-state index < -0.39 is 11.1 Å². The molecule has 0 aliphatic carbocycles. The van der Waals surface area contributed by atoms with Crippen LogP contribution < -0.4 is 9.64 Å². The van der Waals surface area contributed by atoms with Crippen LogP contribution in [0.4, 0.5) is 5.69 Å². The molecule has 1 heterocycles. The SMILES string of the molecule is O=C(CCCOc1ccc(Cl)cc1Cl)N1CCN(c2ccc(S(=O)[O-])cc2)CC1. The van der Waals surface area contributed by atoms with E-state index in [4.69, 9.17) is 27.9 Å². The fraction of sp³-hybridized carbons (Fsp3) is 0.350. The molecule has 9 heteroatoms. The Morgan fingerprint density at radius 1 is 1.07 bits per heavy atom. The van der Waals surface area contributed by atoms with E-state index in [1.165, 1.54) is 0 Å². The van der Waals surface area contributed by atoms with E-state index in [1.54, 1.807) is 42.5 Å². The molecule has 1 aliphatic heterocycles. The number of halogens is 2. The van der Waals surface area contributed by atoms with Gasteiger partial charge in [-0.05, 0) is 60.0 Å². The van der Waals surface area contributed by atoms with Crippen molar-refractivity contribution in [3.8, 4) is 5.75 Å². The second-order valence-corrected chi connectivity index (χ2v) is 8.41. The summed E-state index contributed by atoms with van der Waals surface area (Å²) in [6.45, 7) is 3.10. The number of benzene rings is 2. The van der Waals surface area contributed by atoms with E-state index in [9.17, 15) is 13.6 Å². The standard InChI is InChI=1S/C20H22Cl2N2O4S/c21-15-3-8-19(18(22)14-15)28-13-1-2-20(25)24-11-9-23(10-12-24)16-4-6-17(7-5-16)29(26)27/h3-8,14H,1-2,9-13H2,(H,26,27)/p-1. The van der Waals surface area contributed by atoms with Crippen molar-refractivity contribution in [2.45, 2.75) is 17.7 Å². The topological polar surface area (TPSA) is 72.9 Å². The fourth-order valence-corrected chi connectivity index (χ4v) is 3.96. The van der Waals surface area contributed by atoms with E-state index in [0.29, 0.717) is 61.4 Å². The Morgan fingerprint density at radius 3 is 2.38 bits per heavy atom. The summed E-state index contributed by atoms with van der Waals surface area (Å²) in [5, 5.41) is 1.00. The molecule has 1 atom stereocenters. The van der Waals surface area contributed by atoms with Gasteiger partial charge in [-0.25, -0.2) is 0 Å². The summed E-state index contributed by atoms with van der Waals surface area (Å²) in [5.41, 5.74) is 0.958. The third kappa shape index (κ3) is 6.09. The molecule has 29 heavy (non-hydrogen) atoms. The zero-order valence-electron chi connectivity index (χ0n) is 15.7. The summed E-state index contributed by atoms with van der Waals surface area (Å²) in [4.78, 5) is 16.7. The highest BCUT2D eigenvalue weighted by Gasteiger charge is 2.21. The molecule has 2 aromatic carbocycles. The highest BCUT2D eigenvalue weighted by atomic mass is 35.5. The number of anilines is 1.